The molecule has 0 spiro atoms. The fraction of sp³-hybridized carbons (Fsp3) is 0.611. The minimum Gasteiger partial charge on any atom is -0.490 e. The van der Waals surface area contributed by atoms with Crippen LogP contribution < -0.4 is 14.8 Å². The van der Waals surface area contributed by atoms with Crippen LogP contribution in [0.25, 0.3) is 0 Å². The van der Waals surface area contributed by atoms with Gasteiger partial charge in [-0.15, -0.1) is 0 Å². The van der Waals surface area contributed by atoms with E-state index in [1.165, 1.54) is 4.31 Å². The van der Waals surface area contributed by atoms with Crippen molar-refractivity contribution in [2.24, 2.45) is 0 Å². The highest BCUT2D eigenvalue weighted by Crippen LogP contribution is 2.26. The van der Waals surface area contributed by atoms with E-state index in [0.717, 1.165) is 0 Å². The number of sulfonamides is 1. The summed E-state index contributed by atoms with van der Waals surface area (Å²) >= 11 is 0. The SMILES string of the molecule is CCOc1ccccc1OCC(=O)NCCS(=O)(=O)N1CC(C)OC(C)C1. The van der Waals surface area contributed by atoms with E-state index in [9.17, 15) is 13.2 Å². The first kappa shape index (κ1) is 21.5. The number of hydrogen-bond acceptors (Lipinski definition) is 6. The third kappa shape index (κ3) is 6.67. The highest BCUT2D eigenvalue weighted by molar-refractivity contribution is 7.89. The molecule has 152 valence electrons. The van der Waals surface area contributed by atoms with Crippen LogP contribution in [0.4, 0.5) is 0 Å². The zero-order valence-electron chi connectivity index (χ0n) is 16.0. The Kier molecular flexibility index (Phi) is 7.88. The van der Waals surface area contributed by atoms with Crippen molar-refractivity contribution in [1.29, 1.82) is 0 Å². The second-order valence-corrected chi connectivity index (χ2v) is 8.50. The van der Waals surface area contributed by atoms with Gasteiger partial charge in [0.05, 0.1) is 24.6 Å². The second kappa shape index (κ2) is 9.91. The number of morpholine rings is 1. The van der Waals surface area contributed by atoms with Gasteiger partial charge in [0.25, 0.3) is 5.91 Å². The summed E-state index contributed by atoms with van der Waals surface area (Å²) in [7, 11) is -3.45. The van der Waals surface area contributed by atoms with Gasteiger partial charge in [-0.1, -0.05) is 12.1 Å². The van der Waals surface area contributed by atoms with Gasteiger partial charge in [-0.05, 0) is 32.9 Å². The molecule has 0 aliphatic carbocycles. The zero-order valence-corrected chi connectivity index (χ0v) is 16.8. The summed E-state index contributed by atoms with van der Waals surface area (Å²) in [5, 5.41) is 2.58. The van der Waals surface area contributed by atoms with E-state index in [-0.39, 0.29) is 37.0 Å². The average molecular weight is 400 g/mol. The van der Waals surface area contributed by atoms with Crippen molar-refractivity contribution < 1.29 is 27.4 Å². The predicted molar refractivity (Wildman–Crippen MR) is 101 cm³/mol. The standard InChI is InChI=1S/C18H28N2O6S/c1-4-24-16-7-5-6-8-17(16)25-13-18(21)19-9-10-27(22,23)20-11-14(2)26-15(3)12-20/h5-8,14-15H,4,9-13H2,1-3H3,(H,19,21). The lowest BCUT2D eigenvalue weighted by Crippen LogP contribution is -2.49. The van der Waals surface area contributed by atoms with E-state index < -0.39 is 10.0 Å². The second-order valence-electron chi connectivity index (χ2n) is 6.41. The number of carbonyl (C=O) groups is 1. The van der Waals surface area contributed by atoms with Gasteiger partial charge in [0.1, 0.15) is 0 Å². The van der Waals surface area contributed by atoms with Crippen LogP contribution in [0.15, 0.2) is 24.3 Å². The fourth-order valence-electron chi connectivity index (χ4n) is 2.84. The van der Waals surface area contributed by atoms with Gasteiger partial charge in [-0.25, -0.2) is 8.42 Å². The fourth-order valence-corrected chi connectivity index (χ4v) is 4.34. The van der Waals surface area contributed by atoms with Gasteiger partial charge in [-0.2, -0.15) is 4.31 Å². The number of nitrogens with one attached hydrogen (secondary N) is 1. The van der Waals surface area contributed by atoms with Crippen LogP contribution in [0.1, 0.15) is 20.8 Å². The maximum atomic E-state index is 12.4. The Morgan fingerprint density at radius 1 is 1.19 bits per heavy atom. The third-order valence-corrected chi connectivity index (χ3v) is 5.77. The number of ether oxygens (including phenoxy) is 3. The van der Waals surface area contributed by atoms with Crippen molar-refractivity contribution in [1.82, 2.24) is 9.62 Å². The van der Waals surface area contributed by atoms with Crippen molar-refractivity contribution in [3.63, 3.8) is 0 Å². The van der Waals surface area contributed by atoms with E-state index in [1.54, 1.807) is 18.2 Å². The molecule has 1 aliphatic rings. The molecule has 1 amide bonds. The minimum absolute atomic E-state index is 0.0255. The average Bonchev–Trinajstić information content (AvgIpc) is 2.60. The summed E-state index contributed by atoms with van der Waals surface area (Å²) in [4.78, 5) is 11.9. The molecule has 0 bridgehead atoms. The number of benzene rings is 1. The first-order valence-electron chi connectivity index (χ1n) is 9.06. The van der Waals surface area contributed by atoms with Crippen molar-refractivity contribution in [3.8, 4) is 11.5 Å². The lowest BCUT2D eigenvalue weighted by atomic mass is 10.3. The molecule has 2 rings (SSSR count). The van der Waals surface area contributed by atoms with Gasteiger partial charge in [0, 0.05) is 19.6 Å². The summed E-state index contributed by atoms with van der Waals surface area (Å²) in [6.07, 6.45) is -0.283. The number of hydrogen-bond donors (Lipinski definition) is 1. The van der Waals surface area contributed by atoms with Crippen molar-refractivity contribution in [2.45, 2.75) is 33.0 Å². The maximum absolute atomic E-state index is 12.4. The Balaban J connectivity index is 1.77. The number of rotatable bonds is 9. The molecule has 1 aromatic carbocycles. The van der Waals surface area contributed by atoms with Crippen LogP contribution in [-0.4, -0.2) is 69.4 Å². The lowest BCUT2D eigenvalue weighted by molar-refractivity contribution is -0.122. The molecule has 0 radical (unpaired) electrons. The van der Waals surface area contributed by atoms with E-state index in [4.69, 9.17) is 14.2 Å². The molecule has 2 atom stereocenters. The molecule has 8 nitrogen and oxygen atoms in total. The highest BCUT2D eigenvalue weighted by atomic mass is 32.2. The highest BCUT2D eigenvalue weighted by Gasteiger charge is 2.30. The zero-order chi connectivity index (χ0) is 19.9. The van der Waals surface area contributed by atoms with E-state index in [0.29, 0.717) is 31.2 Å². The molecule has 1 fully saturated rings. The van der Waals surface area contributed by atoms with Crippen molar-refractivity contribution in [3.05, 3.63) is 24.3 Å². The molecule has 1 N–H and O–H groups in total. The first-order chi connectivity index (χ1) is 12.8. The Morgan fingerprint density at radius 3 is 2.37 bits per heavy atom. The molecule has 1 saturated heterocycles. The Morgan fingerprint density at radius 2 is 1.78 bits per heavy atom. The Hall–Kier alpha value is -1.84. The van der Waals surface area contributed by atoms with E-state index in [1.807, 2.05) is 26.8 Å². The molecule has 1 aliphatic heterocycles. The monoisotopic (exact) mass is 400 g/mol. The third-order valence-electron chi connectivity index (χ3n) is 3.97. The summed E-state index contributed by atoms with van der Waals surface area (Å²) in [6.45, 7) is 6.52. The molecule has 2 unspecified atom stereocenters. The predicted octanol–water partition coefficient (Wildman–Crippen LogP) is 1.02. The Bertz CT molecular complexity index is 714. The van der Waals surface area contributed by atoms with Crippen LogP contribution in [0.5, 0.6) is 11.5 Å². The van der Waals surface area contributed by atoms with Crippen LogP contribution in [0.2, 0.25) is 0 Å². The molecule has 1 aromatic rings. The molecule has 0 aromatic heterocycles. The Labute approximate surface area is 160 Å². The van der Waals surface area contributed by atoms with Gasteiger partial charge in [-0.3, -0.25) is 4.79 Å². The molecule has 1 heterocycles. The van der Waals surface area contributed by atoms with Crippen LogP contribution in [0.3, 0.4) is 0 Å². The number of nitrogens with zero attached hydrogens (tertiary/aromatic N) is 1. The molecular formula is C18H28N2O6S. The van der Waals surface area contributed by atoms with Crippen LogP contribution in [0, 0.1) is 0 Å². The number of carbonyl (C=O) groups excluding carboxylic acids is 1. The molecule has 9 heteroatoms. The van der Waals surface area contributed by atoms with Gasteiger partial charge in [0.2, 0.25) is 10.0 Å². The number of para-hydroxylation sites is 2. The minimum atomic E-state index is -3.45. The summed E-state index contributed by atoms with van der Waals surface area (Å²) in [6, 6.07) is 7.07. The summed E-state index contributed by atoms with van der Waals surface area (Å²) in [5.74, 6) is 0.484. The molecule has 27 heavy (non-hydrogen) atoms. The van der Waals surface area contributed by atoms with Crippen molar-refractivity contribution in [2.75, 3.05) is 38.6 Å². The largest absolute Gasteiger partial charge is 0.490 e. The topological polar surface area (TPSA) is 94.2 Å². The van der Waals surface area contributed by atoms with Crippen molar-refractivity contribution >= 4 is 15.9 Å². The summed E-state index contributed by atoms with van der Waals surface area (Å²) < 4.78 is 42.7. The van der Waals surface area contributed by atoms with E-state index in [2.05, 4.69) is 5.32 Å². The van der Waals surface area contributed by atoms with Gasteiger partial charge < -0.3 is 19.5 Å². The van der Waals surface area contributed by atoms with Crippen LogP contribution in [-0.2, 0) is 19.6 Å². The quantitative estimate of drug-likeness (QED) is 0.665. The smallest absolute Gasteiger partial charge is 0.257 e. The lowest BCUT2D eigenvalue weighted by Gasteiger charge is -2.34. The van der Waals surface area contributed by atoms with Gasteiger partial charge >= 0.3 is 0 Å². The maximum Gasteiger partial charge on any atom is 0.257 e. The first-order valence-corrected chi connectivity index (χ1v) is 10.7. The normalized spacial score (nSPS) is 20.9. The molecule has 0 saturated carbocycles. The van der Waals surface area contributed by atoms with E-state index >= 15 is 0 Å². The van der Waals surface area contributed by atoms with Gasteiger partial charge in [0.15, 0.2) is 18.1 Å². The number of amides is 1. The molecular weight excluding hydrogens is 372 g/mol. The summed E-state index contributed by atoms with van der Waals surface area (Å²) in [5.41, 5.74) is 0. The van der Waals surface area contributed by atoms with Crippen LogP contribution >= 0.6 is 0 Å².